The highest BCUT2D eigenvalue weighted by Crippen LogP contribution is 2.33. The maximum absolute atomic E-state index is 5.81. The summed E-state index contributed by atoms with van der Waals surface area (Å²) in [6.45, 7) is 2.53. The normalized spacial score (nSPS) is 14.5. The standard InChI is InChI=1S/C24H23NO/c1-3-9-20(10-4-1)17-25(18-21-11-5-2-6-12-21)19-22-15-16-26-24-14-8-7-13-23(22)24/h1-14,19H,15-18H2. The summed E-state index contributed by atoms with van der Waals surface area (Å²) in [6, 6.07) is 29.6. The second-order valence-electron chi connectivity index (χ2n) is 6.63. The summed E-state index contributed by atoms with van der Waals surface area (Å²) in [5.41, 5.74) is 5.20. The molecule has 26 heavy (non-hydrogen) atoms. The fourth-order valence-corrected chi connectivity index (χ4v) is 3.40. The van der Waals surface area contributed by atoms with Crippen LogP contribution in [0.1, 0.15) is 23.1 Å². The van der Waals surface area contributed by atoms with Crippen LogP contribution in [0.5, 0.6) is 5.75 Å². The molecule has 0 aliphatic carbocycles. The van der Waals surface area contributed by atoms with Crippen molar-refractivity contribution in [2.75, 3.05) is 6.61 Å². The molecule has 2 heteroatoms. The van der Waals surface area contributed by atoms with E-state index in [-0.39, 0.29) is 0 Å². The van der Waals surface area contributed by atoms with Gasteiger partial charge in [0.2, 0.25) is 0 Å². The van der Waals surface area contributed by atoms with Gasteiger partial charge in [-0.05, 0) is 22.8 Å². The minimum absolute atomic E-state index is 0.743. The van der Waals surface area contributed by atoms with Gasteiger partial charge in [-0.15, -0.1) is 0 Å². The number of hydrogen-bond donors (Lipinski definition) is 0. The van der Waals surface area contributed by atoms with Crippen molar-refractivity contribution in [1.82, 2.24) is 4.90 Å². The van der Waals surface area contributed by atoms with Gasteiger partial charge in [-0.2, -0.15) is 0 Å². The minimum atomic E-state index is 0.743. The van der Waals surface area contributed by atoms with Crippen LogP contribution in [0.15, 0.2) is 91.1 Å². The molecule has 1 aliphatic rings. The van der Waals surface area contributed by atoms with Crippen LogP contribution in [0, 0.1) is 0 Å². The van der Waals surface area contributed by atoms with E-state index in [9.17, 15) is 0 Å². The monoisotopic (exact) mass is 341 g/mol. The van der Waals surface area contributed by atoms with Gasteiger partial charge < -0.3 is 9.64 Å². The van der Waals surface area contributed by atoms with E-state index >= 15 is 0 Å². The summed E-state index contributed by atoms with van der Waals surface area (Å²) in [5, 5.41) is 0. The smallest absolute Gasteiger partial charge is 0.126 e. The van der Waals surface area contributed by atoms with Gasteiger partial charge in [0.05, 0.1) is 6.61 Å². The van der Waals surface area contributed by atoms with E-state index in [4.69, 9.17) is 4.74 Å². The fourth-order valence-electron chi connectivity index (χ4n) is 3.40. The molecule has 2 nitrogen and oxygen atoms in total. The van der Waals surface area contributed by atoms with Crippen LogP contribution < -0.4 is 4.74 Å². The summed E-state index contributed by atoms with van der Waals surface area (Å²) in [4.78, 5) is 2.40. The van der Waals surface area contributed by atoms with Crippen molar-refractivity contribution in [3.63, 3.8) is 0 Å². The zero-order valence-corrected chi connectivity index (χ0v) is 14.8. The van der Waals surface area contributed by atoms with E-state index in [1.54, 1.807) is 0 Å². The third kappa shape index (κ3) is 3.97. The van der Waals surface area contributed by atoms with E-state index in [2.05, 4.69) is 90.0 Å². The highest BCUT2D eigenvalue weighted by atomic mass is 16.5. The van der Waals surface area contributed by atoms with Crippen molar-refractivity contribution in [2.24, 2.45) is 0 Å². The van der Waals surface area contributed by atoms with E-state index in [0.29, 0.717) is 0 Å². The van der Waals surface area contributed by atoms with E-state index in [1.165, 1.54) is 22.3 Å². The van der Waals surface area contributed by atoms with Crippen LogP contribution in [-0.2, 0) is 13.1 Å². The molecular formula is C24H23NO. The predicted molar refractivity (Wildman–Crippen MR) is 107 cm³/mol. The molecule has 3 aromatic rings. The largest absolute Gasteiger partial charge is 0.493 e. The van der Waals surface area contributed by atoms with Crippen molar-refractivity contribution < 1.29 is 4.74 Å². The van der Waals surface area contributed by atoms with Crippen LogP contribution in [0.3, 0.4) is 0 Å². The van der Waals surface area contributed by atoms with Crippen molar-refractivity contribution in [2.45, 2.75) is 19.5 Å². The third-order valence-electron chi connectivity index (χ3n) is 4.66. The van der Waals surface area contributed by atoms with E-state index in [0.717, 1.165) is 31.9 Å². The van der Waals surface area contributed by atoms with Crippen molar-refractivity contribution >= 4 is 5.57 Å². The molecule has 0 fully saturated rings. The number of benzene rings is 3. The molecule has 1 aliphatic heterocycles. The first-order valence-corrected chi connectivity index (χ1v) is 9.13. The molecule has 0 saturated heterocycles. The van der Waals surface area contributed by atoms with Crippen LogP contribution in [0.4, 0.5) is 0 Å². The Morgan fingerprint density at radius 2 is 1.31 bits per heavy atom. The van der Waals surface area contributed by atoms with Gasteiger partial charge in [0.25, 0.3) is 0 Å². The summed E-state index contributed by atoms with van der Waals surface area (Å²) in [6.07, 6.45) is 3.26. The third-order valence-corrected chi connectivity index (χ3v) is 4.66. The first-order valence-electron chi connectivity index (χ1n) is 9.13. The quantitative estimate of drug-likeness (QED) is 0.606. The maximum atomic E-state index is 5.81. The molecule has 4 rings (SSSR count). The Morgan fingerprint density at radius 1 is 0.731 bits per heavy atom. The number of fused-ring (bicyclic) bond motifs is 1. The highest BCUT2D eigenvalue weighted by Gasteiger charge is 2.16. The lowest BCUT2D eigenvalue weighted by Crippen LogP contribution is -2.18. The van der Waals surface area contributed by atoms with Gasteiger partial charge in [-0.1, -0.05) is 78.9 Å². The molecule has 0 atom stereocenters. The maximum Gasteiger partial charge on any atom is 0.126 e. The molecule has 0 radical (unpaired) electrons. The average Bonchev–Trinajstić information content (AvgIpc) is 2.70. The first-order chi connectivity index (χ1) is 12.9. The number of para-hydroxylation sites is 1. The molecular weight excluding hydrogens is 318 g/mol. The van der Waals surface area contributed by atoms with Gasteiger partial charge in [-0.3, -0.25) is 0 Å². The lowest BCUT2D eigenvalue weighted by molar-refractivity contribution is 0.312. The van der Waals surface area contributed by atoms with Crippen molar-refractivity contribution in [1.29, 1.82) is 0 Å². The number of rotatable bonds is 5. The molecule has 0 spiro atoms. The molecule has 0 amide bonds. The Balaban J connectivity index is 1.64. The second-order valence-corrected chi connectivity index (χ2v) is 6.63. The zero-order chi connectivity index (χ0) is 17.6. The lowest BCUT2D eigenvalue weighted by Gasteiger charge is -2.26. The summed E-state index contributed by atoms with van der Waals surface area (Å²) >= 11 is 0. The summed E-state index contributed by atoms with van der Waals surface area (Å²) in [5.74, 6) is 0.990. The SMILES string of the molecule is C(=C1CCOc2ccccc21)N(Cc1ccccc1)Cc1ccccc1. The first kappa shape index (κ1) is 16.5. The predicted octanol–water partition coefficient (Wildman–Crippen LogP) is 5.51. The Hall–Kier alpha value is -3.00. The minimum Gasteiger partial charge on any atom is -0.493 e. The number of nitrogens with zero attached hydrogens (tertiary/aromatic N) is 1. The Bertz CT molecular complexity index is 829. The van der Waals surface area contributed by atoms with Crippen molar-refractivity contribution in [3.8, 4) is 5.75 Å². The summed E-state index contributed by atoms with van der Waals surface area (Å²) < 4.78 is 5.81. The molecule has 0 saturated carbocycles. The van der Waals surface area contributed by atoms with Gasteiger partial charge in [0.1, 0.15) is 5.75 Å². The second kappa shape index (κ2) is 7.92. The molecule has 3 aromatic carbocycles. The van der Waals surface area contributed by atoms with Crippen LogP contribution >= 0.6 is 0 Å². The zero-order valence-electron chi connectivity index (χ0n) is 14.8. The van der Waals surface area contributed by atoms with Gasteiger partial charge in [0, 0.05) is 31.3 Å². The Labute approximate surface area is 155 Å². The van der Waals surface area contributed by atoms with E-state index < -0.39 is 0 Å². The molecule has 0 N–H and O–H groups in total. The van der Waals surface area contributed by atoms with Crippen LogP contribution in [0.2, 0.25) is 0 Å². The van der Waals surface area contributed by atoms with Crippen molar-refractivity contribution in [3.05, 3.63) is 108 Å². The Kier molecular flexibility index (Phi) is 5.02. The van der Waals surface area contributed by atoms with Crippen LogP contribution in [0.25, 0.3) is 5.57 Å². The molecule has 130 valence electrons. The van der Waals surface area contributed by atoms with Gasteiger partial charge >= 0.3 is 0 Å². The molecule has 0 aromatic heterocycles. The lowest BCUT2D eigenvalue weighted by atomic mass is 10.0. The average molecular weight is 341 g/mol. The number of hydrogen-bond acceptors (Lipinski definition) is 2. The molecule has 0 unspecified atom stereocenters. The summed E-state index contributed by atoms with van der Waals surface area (Å²) in [7, 11) is 0. The van der Waals surface area contributed by atoms with Gasteiger partial charge in [-0.25, -0.2) is 0 Å². The Morgan fingerprint density at radius 3 is 1.96 bits per heavy atom. The fraction of sp³-hybridized carbons (Fsp3) is 0.167. The molecule has 1 heterocycles. The van der Waals surface area contributed by atoms with Gasteiger partial charge in [0.15, 0.2) is 0 Å². The molecule has 0 bridgehead atoms. The highest BCUT2D eigenvalue weighted by molar-refractivity contribution is 5.71. The van der Waals surface area contributed by atoms with Crippen LogP contribution in [-0.4, -0.2) is 11.5 Å². The van der Waals surface area contributed by atoms with E-state index in [1.807, 2.05) is 6.07 Å². The number of ether oxygens (including phenoxy) is 1. The topological polar surface area (TPSA) is 12.5 Å².